The Bertz CT molecular complexity index is 1730. The maximum atomic E-state index is 13.2. The van der Waals surface area contributed by atoms with Crippen LogP contribution >= 0.6 is 0 Å². The number of allylic oxidation sites excluding steroid dienone is 4. The van der Waals surface area contributed by atoms with E-state index in [1.807, 2.05) is 97.1 Å². The first kappa shape index (κ1) is 25.3. The second kappa shape index (κ2) is 11.0. The number of hydrogen-bond donors (Lipinski definition) is 0. The number of nitrogens with zero attached hydrogens (tertiary/aromatic N) is 1. The van der Waals surface area contributed by atoms with Gasteiger partial charge in [-0.2, -0.15) is 8.42 Å². The smallest absolute Gasteiger partial charge is 0.264 e. The zero-order valence-electron chi connectivity index (χ0n) is 21.5. The van der Waals surface area contributed by atoms with Gasteiger partial charge in [0.15, 0.2) is 0 Å². The van der Waals surface area contributed by atoms with Gasteiger partial charge in [0.25, 0.3) is 0 Å². The molecule has 0 heterocycles. The highest BCUT2D eigenvalue weighted by Gasteiger charge is 2.35. The average molecular weight is 540 g/mol. The van der Waals surface area contributed by atoms with E-state index in [4.69, 9.17) is 4.28 Å². The lowest BCUT2D eigenvalue weighted by Gasteiger charge is -2.13. The minimum Gasteiger partial charge on any atom is -0.264 e. The molecule has 0 aliphatic heterocycles. The number of hydrogen-bond acceptors (Lipinski definition) is 4. The summed E-state index contributed by atoms with van der Waals surface area (Å²) in [4.78, 5) is 0.0411. The molecule has 0 fully saturated rings. The van der Waals surface area contributed by atoms with Gasteiger partial charge in [-0.3, -0.25) is 4.28 Å². The van der Waals surface area contributed by atoms with Gasteiger partial charge in [0.2, 0.25) is 0 Å². The van der Waals surface area contributed by atoms with Gasteiger partial charge in [-0.15, -0.1) is 0 Å². The standard InChI is InChI=1S/C35H25NO3S/c37-40(38,30-24-14-5-15-25-30)39-36-35-33(28-20-10-3-11-21-28)31(26-16-6-1-7-17-26)32(27-18-8-2-9-19-27)34(35)29-22-12-4-13-23-29/h1-25H. The van der Waals surface area contributed by atoms with Crippen LogP contribution in [0.3, 0.4) is 0 Å². The van der Waals surface area contributed by atoms with E-state index in [1.54, 1.807) is 18.2 Å². The maximum absolute atomic E-state index is 13.2. The molecule has 0 radical (unpaired) electrons. The molecule has 4 nitrogen and oxygen atoms in total. The van der Waals surface area contributed by atoms with Crippen molar-refractivity contribution in [3.05, 3.63) is 174 Å². The van der Waals surface area contributed by atoms with Crippen LogP contribution < -0.4 is 0 Å². The largest absolute Gasteiger partial charge is 0.358 e. The molecule has 1 aliphatic carbocycles. The van der Waals surface area contributed by atoms with Crippen LogP contribution in [0.15, 0.2) is 162 Å². The molecule has 0 saturated carbocycles. The number of benzene rings is 5. The molecule has 0 bridgehead atoms. The Morgan fingerprint density at radius 1 is 0.400 bits per heavy atom. The zero-order valence-corrected chi connectivity index (χ0v) is 22.3. The minimum absolute atomic E-state index is 0.0411. The van der Waals surface area contributed by atoms with E-state index in [-0.39, 0.29) is 4.90 Å². The molecule has 40 heavy (non-hydrogen) atoms. The average Bonchev–Trinajstić information content (AvgIpc) is 3.37. The molecule has 0 amide bonds. The predicted molar refractivity (Wildman–Crippen MR) is 162 cm³/mol. The van der Waals surface area contributed by atoms with Gasteiger partial charge in [0.1, 0.15) is 10.6 Å². The summed E-state index contributed by atoms with van der Waals surface area (Å²) >= 11 is 0. The summed E-state index contributed by atoms with van der Waals surface area (Å²) in [5, 5.41) is 4.45. The van der Waals surface area contributed by atoms with Gasteiger partial charge in [-0.05, 0) is 34.4 Å². The van der Waals surface area contributed by atoms with Crippen LogP contribution in [0.25, 0.3) is 22.3 Å². The molecule has 0 spiro atoms. The van der Waals surface area contributed by atoms with Crippen LogP contribution in [-0.2, 0) is 14.4 Å². The molecule has 5 aromatic carbocycles. The summed E-state index contributed by atoms with van der Waals surface area (Å²) in [6.07, 6.45) is 0. The third-order valence-electron chi connectivity index (χ3n) is 6.73. The molecule has 5 heteroatoms. The third kappa shape index (κ3) is 4.91. The van der Waals surface area contributed by atoms with Crippen molar-refractivity contribution in [3.8, 4) is 0 Å². The molecule has 0 aromatic heterocycles. The van der Waals surface area contributed by atoms with Gasteiger partial charge < -0.3 is 0 Å². The molecular weight excluding hydrogens is 514 g/mol. The molecule has 5 aromatic rings. The summed E-state index contributed by atoms with van der Waals surface area (Å²) in [6, 6.07) is 48.1. The van der Waals surface area contributed by atoms with Crippen LogP contribution in [0.4, 0.5) is 0 Å². The van der Waals surface area contributed by atoms with Gasteiger partial charge in [-0.1, -0.05) is 145 Å². The van der Waals surface area contributed by atoms with E-state index >= 15 is 0 Å². The van der Waals surface area contributed by atoms with Gasteiger partial charge >= 0.3 is 10.1 Å². The van der Waals surface area contributed by atoms with E-state index < -0.39 is 10.1 Å². The highest BCUT2D eigenvalue weighted by Crippen LogP contribution is 2.50. The quantitative estimate of drug-likeness (QED) is 0.197. The van der Waals surface area contributed by atoms with Crippen molar-refractivity contribution in [1.82, 2.24) is 0 Å². The molecule has 194 valence electrons. The molecule has 0 atom stereocenters. The molecule has 6 rings (SSSR count). The Morgan fingerprint density at radius 3 is 1.05 bits per heavy atom. The fourth-order valence-corrected chi connectivity index (χ4v) is 5.73. The van der Waals surface area contributed by atoms with Crippen molar-refractivity contribution in [1.29, 1.82) is 0 Å². The predicted octanol–water partition coefficient (Wildman–Crippen LogP) is 7.98. The SMILES string of the molecule is O=S(=O)(ON=C1C(c2ccccc2)=C(c2ccccc2)C(c2ccccc2)=C1c1ccccc1)c1ccccc1. The topological polar surface area (TPSA) is 55.7 Å². The lowest BCUT2D eigenvalue weighted by Crippen LogP contribution is -2.08. The minimum atomic E-state index is -4.16. The lowest BCUT2D eigenvalue weighted by molar-refractivity contribution is 0.340. The summed E-state index contributed by atoms with van der Waals surface area (Å²) in [6.45, 7) is 0. The van der Waals surface area contributed by atoms with Crippen molar-refractivity contribution in [2.75, 3.05) is 0 Å². The van der Waals surface area contributed by atoms with Crippen LogP contribution in [0, 0.1) is 0 Å². The Kier molecular flexibility index (Phi) is 6.96. The fraction of sp³-hybridized carbons (Fsp3) is 0. The first-order chi connectivity index (χ1) is 19.6. The van der Waals surface area contributed by atoms with Crippen molar-refractivity contribution < 1.29 is 12.7 Å². The number of rotatable bonds is 7. The Morgan fingerprint density at radius 2 is 0.700 bits per heavy atom. The molecule has 1 aliphatic rings. The highest BCUT2D eigenvalue weighted by molar-refractivity contribution is 7.86. The van der Waals surface area contributed by atoms with Crippen LogP contribution in [0.2, 0.25) is 0 Å². The zero-order chi connectivity index (χ0) is 27.4. The highest BCUT2D eigenvalue weighted by atomic mass is 32.2. The number of oxime groups is 1. The Balaban J connectivity index is 1.69. The first-order valence-corrected chi connectivity index (χ1v) is 14.3. The fourth-order valence-electron chi connectivity index (χ4n) is 4.98. The second-order valence-electron chi connectivity index (χ2n) is 9.25. The van der Waals surface area contributed by atoms with Crippen molar-refractivity contribution in [3.63, 3.8) is 0 Å². The van der Waals surface area contributed by atoms with Gasteiger partial charge in [0, 0.05) is 22.3 Å². The van der Waals surface area contributed by atoms with E-state index in [1.165, 1.54) is 12.1 Å². The molecule has 0 unspecified atom stereocenters. The van der Waals surface area contributed by atoms with Crippen LogP contribution in [0.5, 0.6) is 0 Å². The van der Waals surface area contributed by atoms with Crippen molar-refractivity contribution in [2.24, 2.45) is 5.16 Å². The first-order valence-electron chi connectivity index (χ1n) is 12.9. The summed E-state index contributed by atoms with van der Waals surface area (Å²) < 4.78 is 31.9. The Labute approximate surface area is 234 Å². The maximum Gasteiger partial charge on any atom is 0.358 e. The van der Waals surface area contributed by atoms with Gasteiger partial charge in [-0.25, -0.2) is 0 Å². The third-order valence-corrected chi connectivity index (χ3v) is 7.85. The monoisotopic (exact) mass is 539 g/mol. The van der Waals surface area contributed by atoms with Crippen molar-refractivity contribution in [2.45, 2.75) is 4.90 Å². The molecule has 0 N–H and O–H groups in total. The lowest BCUT2D eigenvalue weighted by atomic mass is 9.89. The second-order valence-corrected chi connectivity index (χ2v) is 10.8. The summed E-state index contributed by atoms with van der Waals surface area (Å²) in [5.41, 5.74) is 7.75. The summed E-state index contributed by atoms with van der Waals surface area (Å²) in [5.74, 6) is 0. The van der Waals surface area contributed by atoms with E-state index in [0.717, 1.165) is 44.5 Å². The normalized spacial score (nSPS) is 13.4. The van der Waals surface area contributed by atoms with Crippen LogP contribution in [0.1, 0.15) is 22.3 Å². The Hall–Kier alpha value is -5.00. The van der Waals surface area contributed by atoms with E-state index in [0.29, 0.717) is 5.71 Å². The van der Waals surface area contributed by atoms with Crippen molar-refractivity contribution >= 4 is 38.1 Å². The molecular formula is C35H25NO3S. The van der Waals surface area contributed by atoms with Crippen LogP contribution in [-0.4, -0.2) is 14.1 Å². The molecule has 0 saturated heterocycles. The van der Waals surface area contributed by atoms with E-state index in [2.05, 4.69) is 29.4 Å². The van der Waals surface area contributed by atoms with Gasteiger partial charge in [0.05, 0.1) is 0 Å². The summed E-state index contributed by atoms with van der Waals surface area (Å²) in [7, 11) is -4.16. The van der Waals surface area contributed by atoms with E-state index in [9.17, 15) is 8.42 Å².